The lowest BCUT2D eigenvalue weighted by Gasteiger charge is -2.32. The minimum Gasteiger partial charge on any atom is -0.207 e. The Labute approximate surface area is 110 Å². The van der Waals surface area contributed by atoms with Crippen LogP contribution in [0.25, 0.3) is 0 Å². The maximum Gasteiger partial charge on any atom is 0.243 e. The number of hydrogen-bond acceptors (Lipinski definition) is 2. The minimum atomic E-state index is -3.30. The van der Waals surface area contributed by atoms with Gasteiger partial charge in [0.25, 0.3) is 0 Å². The molecule has 1 fully saturated rings. The van der Waals surface area contributed by atoms with Gasteiger partial charge in [0.05, 0.1) is 4.90 Å². The molecule has 1 aromatic rings. The summed E-state index contributed by atoms with van der Waals surface area (Å²) in [6.45, 7) is 4.71. The van der Waals surface area contributed by atoms with E-state index in [4.69, 9.17) is 0 Å². The van der Waals surface area contributed by atoms with E-state index in [0.717, 1.165) is 25.7 Å². The van der Waals surface area contributed by atoms with Gasteiger partial charge in [-0.1, -0.05) is 25.5 Å². The van der Waals surface area contributed by atoms with Crippen molar-refractivity contribution in [1.29, 1.82) is 0 Å². The summed E-state index contributed by atoms with van der Waals surface area (Å²) in [5.74, 6) is 0. The molecule has 1 aliphatic rings. The van der Waals surface area contributed by atoms with Crippen molar-refractivity contribution in [2.75, 3.05) is 6.54 Å². The second kappa shape index (κ2) is 5.41. The van der Waals surface area contributed by atoms with Crippen LogP contribution in [0.4, 0.5) is 0 Å². The van der Waals surface area contributed by atoms with Gasteiger partial charge in [0.15, 0.2) is 0 Å². The lowest BCUT2D eigenvalue weighted by Crippen LogP contribution is -2.41. The molecular formula is C14H21NO2S. The molecule has 1 heterocycles. The first-order valence-corrected chi connectivity index (χ1v) is 8.10. The third kappa shape index (κ3) is 2.59. The zero-order valence-corrected chi connectivity index (χ0v) is 11.9. The SMILES string of the molecule is CCc1ccc(S(=O)(=O)N2CCCC[C@@H]2C)cc1. The average Bonchev–Trinajstić information content (AvgIpc) is 2.39. The van der Waals surface area contributed by atoms with Gasteiger partial charge in [-0.3, -0.25) is 0 Å². The lowest BCUT2D eigenvalue weighted by atomic mass is 10.1. The van der Waals surface area contributed by atoms with Gasteiger partial charge in [0, 0.05) is 12.6 Å². The lowest BCUT2D eigenvalue weighted by molar-refractivity contribution is 0.268. The van der Waals surface area contributed by atoms with E-state index < -0.39 is 10.0 Å². The second-order valence-electron chi connectivity index (χ2n) is 4.96. The summed E-state index contributed by atoms with van der Waals surface area (Å²) in [4.78, 5) is 0.424. The molecule has 0 aromatic heterocycles. The Balaban J connectivity index is 2.28. The Morgan fingerprint density at radius 2 is 1.89 bits per heavy atom. The van der Waals surface area contributed by atoms with E-state index in [2.05, 4.69) is 6.92 Å². The van der Waals surface area contributed by atoms with Crippen molar-refractivity contribution in [2.24, 2.45) is 0 Å². The minimum absolute atomic E-state index is 0.120. The fourth-order valence-electron chi connectivity index (χ4n) is 2.46. The first-order chi connectivity index (χ1) is 8.55. The van der Waals surface area contributed by atoms with E-state index >= 15 is 0 Å². The Hall–Kier alpha value is -0.870. The third-order valence-electron chi connectivity index (χ3n) is 3.68. The predicted molar refractivity (Wildman–Crippen MR) is 73.0 cm³/mol. The summed E-state index contributed by atoms with van der Waals surface area (Å²) < 4.78 is 26.7. The van der Waals surface area contributed by atoms with Crippen LogP contribution in [0.5, 0.6) is 0 Å². The molecule has 1 aromatic carbocycles. The Kier molecular flexibility index (Phi) is 4.07. The highest BCUT2D eigenvalue weighted by Gasteiger charge is 2.30. The summed E-state index contributed by atoms with van der Waals surface area (Å²) in [6, 6.07) is 7.39. The number of hydrogen-bond donors (Lipinski definition) is 0. The van der Waals surface area contributed by atoms with Crippen LogP contribution in [-0.4, -0.2) is 25.3 Å². The van der Waals surface area contributed by atoms with Crippen molar-refractivity contribution in [2.45, 2.75) is 50.5 Å². The molecule has 1 aliphatic heterocycles. The molecule has 4 heteroatoms. The number of sulfonamides is 1. The molecule has 0 bridgehead atoms. The molecule has 0 radical (unpaired) electrons. The van der Waals surface area contributed by atoms with Crippen molar-refractivity contribution in [1.82, 2.24) is 4.31 Å². The number of piperidine rings is 1. The van der Waals surface area contributed by atoms with Crippen molar-refractivity contribution in [3.63, 3.8) is 0 Å². The van der Waals surface area contributed by atoms with Gasteiger partial charge in [-0.2, -0.15) is 4.31 Å². The van der Waals surface area contributed by atoms with Crippen molar-refractivity contribution >= 4 is 10.0 Å². The quantitative estimate of drug-likeness (QED) is 0.844. The van der Waals surface area contributed by atoms with Crippen LogP contribution in [0.2, 0.25) is 0 Å². The van der Waals surface area contributed by atoms with Crippen LogP contribution in [-0.2, 0) is 16.4 Å². The van der Waals surface area contributed by atoms with Crippen LogP contribution >= 0.6 is 0 Å². The summed E-state index contributed by atoms with van der Waals surface area (Å²) >= 11 is 0. The normalized spacial score (nSPS) is 22.0. The van der Waals surface area contributed by atoms with Crippen LogP contribution in [0, 0.1) is 0 Å². The highest BCUT2D eigenvalue weighted by atomic mass is 32.2. The van der Waals surface area contributed by atoms with E-state index in [9.17, 15) is 8.42 Å². The summed E-state index contributed by atoms with van der Waals surface area (Å²) in [7, 11) is -3.30. The molecular weight excluding hydrogens is 246 g/mol. The van der Waals surface area contributed by atoms with Gasteiger partial charge < -0.3 is 0 Å². The smallest absolute Gasteiger partial charge is 0.207 e. The van der Waals surface area contributed by atoms with E-state index in [1.807, 2.05) is 19.1 Å². The molecule has 1 atom stereocenters. The van der Waals surface area contributed by atoms with E-state index in [1.165, 1.54) is 5.56 Å². The van der Waals surface area contributed by atoms with Crippen molar-refractivity contribution in [3.05, 3.63) is 29.8 Å². The zero-order chi connectivity index (χ0) is 13.2. The van der Waals surface area contributed by atoms with Crippen LogP contribution < -0.4 is 0 Å². The number of benzene rings is 1. The maximum absolute atomic E-state index is 12.5. The first kappa shape index (κ1) is 13.6. The Bertz CT molecular complexity index is 493. The second-order valence-corrected chi connectivity index (χ2v) is 6.85. The molecule has 18 heavy (non-hydrogen) atoms. The number of aryl methyl sites for hydroxylation is 1. The van der Waals surface area contributed by atoms with Crippen LogP contribution in [0.3, 0.4) is 0 Å². The molecule has 0 aliphatic carbocycles. The monoisotopic (exact) mass is 267 g/mol. The summed E-state index contributed by atoms with van der Waals surface area (Å²) in [5.41, 5.74) is 1.17. The highest BCUT2D eigenvalue weighted by molar-refractivity contribution is 7.89. The molecule has 0 unspecified atom stereocenters. The molecule has 0 saturated carbocycles. The third-order valence-corrected chi connectivity index (χ3v) is 5.71. The number of nitrogens with zero attached hydrogens (tertiary/aromatic N) is 1. The Morgan fingerprint density at radius 1 is 1.22 bits per heavy atom. The van der Waals surface area contributed by atoms with Gasteiger partial charge in [0.1, 0.15) is 0 Å². The van der Waals surface area contributed by atoms with Crippen LogP contribution in [0.1, 0.15) is 38.7 Å². The summed E-state index contributed by atoms with van der Waals surface area (Å²) in [5, 5.41) is 0. The van der Waals surface area contributed by atoms with E-state index in [0.29, 0.717) is 11.4 Å². The van der Waals surface area contributed by atoms with Gasteiger partial charge in [0.2, 0.25) is 10.0 Å². The fraction of sp³-hybridized carbons (Fsp3) is 0.571. The fourth-order valence-corrected chi connectivity index (χ4v) is 4.16. The van der Waals surface area contributed by atoms with Crippen molar-refractivity contribution < 1.29 is 8.42 Å². The van der Waals surface area contributed by atoms with Gasteiger partial charge in [-0.05, 0) is 43.9 Å². The highest BCUT2D eigenvalue weighted by Crippen LogP contribution is 2.25. The molecule has 0 N–H and O–H groups in total. The topological polar surface area (TPSA) is 37.4 Å². The standard InChI is InChI=1S/C14H21NO2S/c1-3-13-7-9-14(10-8-13)18(16,17)15-11-5-4-6-12(15)2/h7-10,12H,3-6,11H2,1-2H3/t12-/m0/s1. The largest absolute Gasteiger partial charge is 0.243 e. The molecule has 3 nitrogen and oxygen atoms in total. The molecule has 0 spiro atoms. The zero-order valence-electron chi connectivity index (χ0n) is 11.1. The molecule has 100 valence electrons. The van der Waals surface area contributed by atoms with Gasteiger partial charge in [-0.15, -0.1) is 0 Å². The average molecular weight is 267 g/mol. The van der Waals surface area contributed by atoms with Gasteiger partial charge in [-0.25, -0.2) is 8.42 Å². The summed E-state index contributed by atoms with van der Waals surface area (Å²) in [6.07, 6.45) is 3.99. The Morgan fingerprint density at radius 3 is 2.44 bits per heavy atom. The van der Waals surface area contributed by atoms with Crippen molar-refractivity contribution in [3.8, 4) is 0 Å². The van der Waals surface area contributed by atoms with E-state index in [1.54, 1.807) is 16.4 Å². The predicted octanol–water partition coefficient (Wildman–Crippen LogP) is 2.81. The number of rotatable bonds is 3. The molecule has 0 amide bonds. The van der Waals surface area contributed by atoms with E-state index in [-0.39, 0.29) is 6.04 Å². The maximum atomic E-state index is 12.5. The first-order valence-electron chi connectivity index (χ1n) is 6.66. The van der Waals surface area contributed by atoms with Gasteiger partial charge >= 0.3 is 0 Å². The molecule has 1 saturated heterocycles. The van der Waals surface area contributed by atoms with Crippen LogP contribution in [0.15, 0.2) is 29.2 Å². The molecule has 2 rings (SSSR count).